The van der Waals surface area contributed by atoms with Crippen LogP contribution >= 0.6 is 0 Å². The number of carbonyl (C=O) groups is 2. The number of quaternary nitrogens is 1. The SMILES string of the molecule is NC1CC(CCO[C@@H]2[C@H](OC3CCC4C(=O)C5CCCCC5C(=O)C4C3O)O[C@@H](CO)[C@H](O)[C@H]2O)CC[NH2+]1. The van der Waals surface area contributed by atoms with Gasteiger partial charge in [0.15, 0.2) is 6.29 Å². The van der Waals surface area contributed by atoms with E-state index in [-0.39, 0.29) is 29.6 Å². The van der Waals surface area contributed by atoms with Gasteiger partial charge in [0, 0.05) is 30.8 Å². The second-order valence-electron chi connectivity index (χ2n) is 12.1. The van der Waals surface area contributed by atoms with Gasteiger partial charge in [-0.15, -0.1) is 0 Å². The normalized spacial score (nSPS) is 47.9. The second kappa shape index (κ2) is 12.2. The number of rotatable bonds is 7. The summed E-state index contributed by atoms with van der Waals surface area (Å²) >= 11 is 0. The lowest BCUT2D eigenvalue weighted by atomic mass is 9.57. The number of hydrogen-bond acceptors (Lipinski definition) is 10. The summed E-state index contributed by atoms with van der Waals surface area (Å²) in [6, 6.07) is 0. The summed E-state index contributed by atoms with van der Waals surface area (Å²) in [4.78, 5) is 26.6. The minimum Gasteiger partial charge on any atom is -0.394 e. The fraction of sp³-hybridized carbons (Fsp3) is 0.926. The molecule has 2 aliphatic heterocycles. The molecule has 0 aromatic carbocycles. The molecule has 5 aliphatic rings. The first-order valence-electron chi connectivity index (χ1n) is 14.5. The van der Waals surface area contributed by atoms with Gasteiger partial charge in [-0.3, -0.25) is 15.3 Å². The van der Waals surface area contributed by atoms with Gasteiger partial charge in [0.25, 0.3) is 0 Å². The van der Waals surface area contributed by atoms with Crippen molar-refractivity contribution in [2.75, 3.05) is 19.8 Å². The molecule has 8 N–H and O–H groups in total. The van der Waals surface area contributed by atoms with Crippen LogP contribution < -0.4 is 11.1 Å². The number of aliphatic hydroxyl groups is 4. The Balaban J connectivity index is 1.26. The number of fused-ring (bicyclic) bond motifs is 2. The van der Waals surface area contributed by atoms with Crippen molar-refractivity contribution in [1.29, 1.82) is 0 Å². The quantitative estimate of drug-likeness (QED) is 0.201. The first-order valence-corrected chi connectivity index (χ1v) is 14.5. The van der Waals surface area contributed by atoms with Gasteiger partial charge in [0.1, 0.15) is 42.1 Å². The molecule has 8 unspecified atom stereocenters. The number of carbonyl (C=O) groups excluding carboxylic acids is 2. The number of hydrogen-bond donors (Lipinski definition) is 6. The summed E-state index contributed by atoms with van der Waals surface area (Å²) in [6.45, 7) is 0.719. The molecule has 0 aromatic heterocycles. The summed E-state index contributed by atoms with van der Waals surface area (Å²) in [5, 5.41) is 44.4. The summed E-state index contributed by atoms with van der Waals surface area (Å²) in [6.07, 6.45) is -1.27. The lowest BCUT2D eigenvalue weighted by molar-refractivity contribution is -0.699. The minimum atomic E-state index is -1.37. The molecule has 0 bridgehead atoms. The standard InChI is InChI=1S/C27H44N2O9/c28-19-11-13(7-9-29-19)8-10-36-26-25(35)24(34)18(12-30)38-27(26)37-17-6-5-16-20(23(17)33)22(32)15-4-2-1-3-14(15)21(16)31/h13-20,23-27,29-30,33-35H,1-12,28H2/p+1/t13?,14?,15?,16?,17?,18-,19?,20?,23?,24-,25+,26-,27+/m0/s1. The molecule has 2 heterocycles. The van der Waals surface area contributed by atoms with Gasteiger partial charge >= 0.3 is 0 Å². The van der Waals surface area contributed by atoms with E-state index < -0.39 is 61.4 Å². The molecule has 11 nitrogen and oxygen atoms in total. The Morgan fingerprint density at radius 2 is 1.66 bits per heavy atom. The van der Waals surface area contributed by atoms with Crippen molar-refractivity contribution in [2.45, 2.75) is 107 Å². The highest BCUT2D eigenvalue weighted by Gasteiger charge is 2.56. The highest BCUT2D eigenvalue weighted by atomic mass is 16.7. The first kappa shape index (κ1) is 28.5. The molecule has 0 aromatic rings. The summed E-state index contributed by atoms with van der Waals surface area (Å²) in [7, 11) is 0. The topological polar surface area (TPSA) is 185 Å². The molecular weight excluding hydrogens is 496 g/mol. The van der Waals surface area contributed by atoms with Gasteiger partial charge in [0.05, 0.1) is 31.3 Å². The van der Waals surface area contributed by atoms with Gasteiger partial charge in [-0.1, -0.05) is 12.8 Å². The van der Waals surface area contributed by atoms with Crippen LogP contribution in [0.3, 0.4) is 0 Å². The van der Waals surface area contributed by atoms with Gasteiger partial charge in [-0.2, -0.15) is 0 Å². The number of aliphatic hydroxyl groups excluding tert-OH is 4. The van der Waals surface area contributed by atoms with Crippen LogP contribution in [-0.2, 0) is 23.8 Å². The third-order valence-electron chi connectivity index (χ3n) is 9.76. The minimum absolute atomic E-state index is 0.0379. The number of piperidine rings is 1. The summed E-state index contributed by atoms with van der Waals surface area (Å²) in [5.41, 5.74) is 6.05. The van der Waals surface area contributed by atoms with Crippen molar-refractivity contribution in [3.63, 3.8) is 0 Å². The zero-order chi connectivity index (χ0) is 27.0. The smallest absolute Gasteiger partial charge is 0.187 e. The number of ether oxygens (including phenoxy) is 3. The van der Waals surface area contributed by atoms with Gasteiger partial charge < -0.3 is 40.0 Å². The largest absolute Gasteiger partial charge is 0.394 e. The van der Waals surface area contributed by atoms with E-state index in [9.17, 15) is 30.0 Å². The van der Waals surface area contributed by atoms with Crippen LogP contribution in [0.2, 0.25) is 0 Å². The molecule has 5 rings (SSSR count). The van der Waals surface area contributed by atoms with Crippen molar-refractivity contribution in [3.05, 3.63) is 0 Å². The molecule has 216 valence electrons. The van der Waals surface area contributed by atoms with Crippen LogP contribution in [0, 0.1) is 29.6 Å². The number of nitrogens with two attached hydrogens (primary N) is 2. The Morgan fingerprint density at radius 3 is 2.37 bits per heavy atom. The predicted molar refractivity (Wildman–Crippen MR) is 132 cm³/mol. The highest BCUT2D eigenvalue weighted by molar-refractivity contribution is 6.00. The maximum Gasteiger partial charge on any atom is 0.187 e. The molecule has 5 fully saturated rings. The molecule has 3 saturated carbocycles. The Bertz CT molecular complexity index is 845. The van der Waals surface area contributed by atoms with Gasteiger partial charge in [-0.25, -0.2) is 0 Å². The van der Waals surface area contributed by atoms with Gasteiger partial charge in [0.2, 0.25) is 0 Å². The van der Waals surface area contributed by atoms with Crippen molar-refractivity contribution < 1.29 is 49.5 Å². The van der Waals surface area contributed by atoms with E-state index in [0.717, 1.165) is 45.1 Å². The summed E-state index contributed by atoms with van der Waals surface area (Å²) in [5.74, 6) is -1.39. The lowest BCUT2D eigenvalue weighted by Crippen LogP contribution is -2.94. The Kier molecular flexibility index (Phi) is 9.18. The van der Waals surface area contributed by atoms with Crippen molar-refractivity contribution in [3.8, 4) is 0 Å². The van der Waals surface area contributed by atoms with E-state index in [0.29, 0.717) is 31.8 Å². The second-order valence-corrected chi connectivity index (χ2v) is 12.1. The van der Waals surface area contributed by atoms with Crippen molar-refractivity contribution in [1.82, 2.24) is 0 Å². The molecule has 0 radical (unpaired) electrons. The third-order valence-corrected chi connectivity index (χ3v) is 9.76. The highest BCUT2D eigenvalue weighted by Crippen LogP contribution is 2.47. The lowest BCUT2D eigenvalue weighted by Gasteiger charge is -2.49. The van der Waals surface area contributed by atoms with E-state index in [1.165, 1.54) is 0 Å². The number of ketones is 2. The van der Waals surface area contributed by atoms with Crippen molar-refractivity contribution in [2.24, 2.45) is 35.3 Å². The fourth-order valence-corrected chi connectivity index (χ4v) is 7.63. The predicted octanol–water partition coefficient (Wildman–Crippen LogP) is -1.81. The van der Waals surface area contributed by atoms with E-state index in [1.807, 2.05) is 0 Å². The Hall–Kier alpha value is -1.02. The van der Waals surface area contributed by atoms with Crippen LogP contribution in [0.4, 0.5) is 0 Å². The van der Waals surface area contributed by atoms with Crippen LogP contribution in [0.5, 0.6) is 0 Å². The maximum absolute atomic E-state index is 13.4. The zero-order valence-electron chi connectivity index (χ0n) is 22.0. The first-order chi connectivity index (χ1) is 18.3. The molecule has 3 aliphatic carbocycles. The monoisotopic (exact) mass is 541 g/mol. The van der Waals surface area contributed by atoms with Crippen LogP contribution in [0.1, 0.15) is 57.8 Å². The van der Waals surface area contributed by atoms with E-state index >= 15 is 0 Å². The van der Waals surface area contributed by atoms with E-state index in [1.54, 1.807) is 0 Å². The molecule has 38 heavy (non-hydrogen) atoms. The third kappa shape index (κ3) is 5.59. The van der Waals surface area contributed by atoms with E-state index in [4.69, 9.17) is 19.9 Å². The summed E-state index contributed by atoms with van der Waals surface area (Å²) < 4.78 is 18.0. The van der Waals surface area contributed by atoms with E-state index in [2.05, 4.69) is 5.32 Å². The Morgan fingerprint density at radius 1 is 0.921 bits per heavy atom. The average Bonchev–Trinajstić information content (AvgIpc) is 2.92. The molecule has 13 atom stereocenters. The number of Topliss-reactive ketones (excluding diaryl/α,β-unsaturated/α-hetero) is 2. The van der Waals surface area contributed by atoms with Gasteiger partial charge in [-0.05, 0) is 44.4 Å². The molecule has 0 amide bonds. The molecule has 2 saturated heterocycles. The van der Waals surface area contributed by atoms with Crippen LogP contribution in [0.25, 0.3) is 0 Å². The fourth-order valence-electron chi connectivity index (χ4n) is 7.63. The van der Waals surface area contributed by atoms with Crippen LogP contribution in [-0.4, -0.2) is 101 Å². The van der Waals surface area contributed by atoms with Crippen molar-refractivity contribution >= 4 is 11.6 Å². The van der Waals surface area contributed by atoms with Crippen LogP contribution in [0.15, 0.2) is 0 Å². The molecule has 0 spiro atoms. The molecule has 11 heteroatoms. The molecular formula is C27H45N2O9+. The zero-order valence-corrected chi connectivity index (χ0v) is 22.0. The maximum atomic E-state index is 13.4. The Labute approximate surface area is 223 Å². The average molecular weight is 542 g/mol.